The van der Waals surface area contributed by atoms with Crippen molar-refractivity contribution in [3.8, 4) is 5.75 Å². The lowest BCUT2D eigenvalue weighted by atomic mass is 10.2. The van der Waals surface area contributed by atoms with E-state index in [1.165, 1.54) is 43.5 Å². The summed E-state index contributed by atoms with van der Waals surface area (Å²) in [6, 6.07) is 8.53. The molecule has 0 aromatic heterocycles. The number of anilines is 1. The van der Waals surface area contributed by atoms with Crippen LogP contribution in [0.3, 0.4) is 0 Å². The van der Waals surface area contributed by atoms with Crippen LogP contribution in [0.4, 0.5) is 5.69 Å². The molecule has 0 atom stereocenters. The van der Waals surface area contributed by atoms with Crippen molar-refractivity contribution in [1.82, 2.24) is 5.32 Å². The molecule has 2 aromatic rings. The average Bonchev–Trinajstić information content (AvgIpc) is 2.54. The van der Waals surface area contributed by atoms with Gasteiger partial charge in [-0.3, -0.25) is 10.1 Å². The van der Waals surface area contributed by atoms with E-state index in [1.54, 1.807) is 0 Å². The molecule has 0 heterocycles. The molecule has 2 aromatic carbocycles. The summed E-state index contributed by atoms with van der Waals surface area (Å²) in [6.45, 7) is 0. The highest BCUT2D eigenvalue weighted by Gasteiger charge is 2.17. The fraction of sp³-hybridized carbons (Fsp3) is 0.0625. The number of hydrogen-bond acceptors (Lipinski definition) is 5. The first-order chi connectivity index (χ1) is 11.8. The number of amides is 1. The highest BCUT2D eigenvalue weighted by molar-refractivity contribution is 7.80. The summed E-state index contributed by atoms with van der Waals surface area (Å²) in [5.74, 6) is -1.68. The molecule has 0 fully saturated rings. The van der Waals surface area contributed by atoms with Crippen LogP contribution in [0.2, 0.25) is 10.0 Å². The normalized spacial score (nSPS) is 10.0. The number of rotatable bonds is 4. The first-order valence-electron chi connectivity index (χ1n) is 6.78. The van der Waals surface area contributed by atoms with Gasteiger partial charge in [-0.25, -0.2) is 0 Å². The van der Waals surface area contributed by atoms with Crippen LogP contribution in [-0.4, -0.2) is 24.1 Å². The maximum absolute atomic E-state index is 12.4. The minimum Gasteiger partial charge on any atom is -0.545 e. The molecule has 0 spiro atoms. The Kier molecular flexibility index (Phi) is 6.19. The minimum absolute atomic E-state index is 0.00403. The largest absolute Gasteiger partial charge is 0.545 e. The smallest absolute Gasteiger partial charge is 0.261 e. The van der Waals surface area contributed by atoms with Crippen molar-refractivity contribution < 1.29 is 19.4 Å². The van der Waals surface area contributed by atoms with Gasteiger partial charge in [0.15, 0.2) is 5.11 Å². The van der Waals surface area contributed by atoms with Crippen LogP contribution >= 0.6 is 35.4 Å². The van der Waals surface area contributed by atoms with E-state index in [1.807, 2.05) is 0 Å². The molecule has 0 aliphatic rings. The van der Waals surface area contributed by atoms with Crippen LogP contribution in [0.25, 0.3) is 0 Å². The SMILES string of the molecule is COc1c(Cl)cc(Cl)cc1C(=O)NC(=S)Nc1ccc(C(=O)[O-])cc1. The number of ether oxygens (including phenoxy) is 1. The van der Waals surface area contributed by atoms with Crippen LogP contribution in [0.1, 0.15) is 20.7 Å². The first kappa shape index (κ1) is 19.0. The van der Waals surface area contributed by atoms with Crippen molar-refractivity contribution in [2.24, 2.45) is 0 Å². The Balaban J connectivity index is 2.10. The lowest BCUT2D eigenvalue weighted by Gasteiger charge is -2.13. The Morgan fingerprint density at radius 2 is 1.80 bits per heavy atom. The number of nitrogens with one attached hydrogen (secondary N) is 2. The summed E-state index contributed by atoms with van der Waals surface area (Å²) in [7, 11) is 1.38. The van der Waals surface area contributed by atoms with Gasteiger partial charge in [0.25, 0.3) is 5.91 Å². The van der Waals surface area contributed by atoms with Crippen LogP contribution in [-0.2, 0) is 0 Å². The third-order valence-electron chi connectivity index (χ3n) is 3.06. The van der Waals surface area contributed by atoms with Crippen molar-refractivity contribution in [2.75, 3.05) is 12.4 Å². The third kappa shape index (κ3) is 4.82. The van der Waals surface area contributed by atoms with E-state index in [4.69, 9.17) is 40.2 Å². The van der Waals surface area contributed by atoms with Crippen molar-refractivity contribution in [2.45, 2.75) is 0 Å². The van der Waals surface area contributed by atoms with Crippen molar-refractivity contribution >= 4 is 58.1 Å². The second kappa shape index (κ2) is 8.15. The molecular weight excluding hydrogens is 387 g/mol. The molecule has 25 heavy (non-hydrogen) atoms. The fourth-order valence-electron chi connectivity index (χ4n) is 1.96. The van der Waals surface area contributed by atoms with Gasteiger partial charge in [-0.2, -0.15) is 0 Å². The van der Waals surface area contributed by atoms with Crippen LogP contribution in [0.5, 0.6) is 5.75 Å². The van der Waals surface area contributed by atoms with Crippen molar-refractivity contribution in [1.29, 1.82) is 0 Å². The van der Waals surface area contributed by atoms with E-state index in [-0.39, 0.29) is 32.0 Å². The van der Waals surface area contributed by atoms with Gasteiger partial charge in [0.1, 0.15) is 5.75 Å². The lowest BCUT2D eigenvalue weighted by molar-refractivity contribution is -0.255. The molecule has 0 saturated heterocycles. The Labute approximate surface area is 158 Å². The number of aromatic carboxylic acids is 1. The number of benzene rings is 2. The van der Waals surface area contributed by atoms with Gasteiger partial charge in [-0.1, -0.05) is 35.3 Å². The second-order valence-electron chi connectivity index (χ2n) is 4.74. The molecule has 0 bridgehead atoms. The van der Waals surface area contributed by atoms with Gasteiger partial charge in [0, 0.05) is 10.7 Å². The lowest BCUT2D eigenvalue weighted by Crippen LogP contribution is -2.34. The van der Waals surface area contributed by atoms with Gasteiger partial charge in [0.2, 0.25) is 0 Å². The monoisotopic (exact) mass is 397 g/mol. The molecule has 0 unspecified atom stereocenters. The zero-order valence-electron chi connectivity index (χ0n) is 12.8. The number of carboxylic acid groups (broad SMARTS) is 1. The van der Waals surface area contributed by atoms with E-state index < -0.39 is 11.9 Å². The Morgan fingerprint density at radius 1 is 1.16 bits per heavy atom. The molecule has 6 nitrogen and oxygen atoms in total. The fourth-order valence-corrected chi connectivity index (χ4v) is 2.74. The van der Waals surface area contributed by atoms with E-state index in [0.717, 1.165) is 0 Å². The van der Waals surface area contributed by atoms with E-state index in [0.29, 0.717) is 5.69 Å². The maximum atomic E-state index is 12.4. The maximum Gasteiger partial charge on any atom is 0.261 e. The number of carbonyl (C=O) groups is 2. The summed E-state index contributed by atoms with van der Waals surface area (Å²) < 4.78 is 5.11. The quantitative estimate of drug-likeness (QED) is 0.770. The summed E-state index contributed by atoms with van der Waals surface area (Å²) in [5, 5.41) is 16.4. The van der Waals surface area contributed by atoms with Crippen LogP contribution < -0.4 is 20.5 Å². The number of hydrogen-bond donors (Lipinski definition) is 2. The summed E-state index contributed by atoms with van der Waals surface area (Å²) in [4.78, 5) is 23.1. The third-order valence-corrected chi connectivity index (χ3v) is 3.77. The molecule has 0 aliphatic carbocycles. The minimum atomic E-state index is -1.28. The van der Waals surface area contributed by atoms with Crippen LogP contribution in [0, 0.1) is 0 Å². The Bertz CT molecular complexity index is 841. The molecule has 0 aliphatic heterocycles. The molecule has 0 saturated carbocycles. The van der Waals surface area contributed by atoms with Crippen LogP contribution in [0.15, 0.2) is 36.4 Å². The predicted molar refractivity (Wildman–Crippen MR) is 97.5 cm³/mol. The molecule has 2 rings (SSSR count). The van der Waals surface area contributed by atoms with Crippen molar-refractivity contribution in [3.63, 3.8) is 0 Å². The number of thiocarbonyl (C=S) groups is 1. The standard InChI is InChI=1S/C16H12Cl2N2O4S/c1-24-13-11(6-9(17)7-12(13)18)14(21)20-16(25)19-10-4-2-8(3-5-10)15(22)23/h2-7H,1H3,(H,22,23)(H2,19,20,21,25)/p-1. The Hall–Kier alpha value is -2.35. The van der Waals surface area contributed by atoms with E-state index in [2.05, 4.69) is 10.6 Å². The summed E-state index contributed by atoms with van der Waals surface area (Å²) in [6.07, 6.45) is 0. The Morgan fingerprint density at radius 3 is 2.36 bits per heavy atom. The highest BCUT2D eigenvalue weighted by Crippen LogP contribution is 2.32. The predicted octanol–water partition coefficient (Wildman–Crippen LogP) is 2.49. The van der Waals surface area contributed by atoms with E-state index >= 15 is 0 Å². The van der Waals surface area contributed by atoms with Gasteiger partial charge in [-0.05, 0) is 42.0 Å². The molecule has 2 N–H and O–H groups in total. The topological polar surface area (TPSA) is 90.5 Å². The molecule has 130 valence electrons. The number of carboxylic acids is 1. The van der Waals surface area contributed by atoms with Crippen molar-refractivity contribution in [3.05, 3.63) is 57.6 Å². The zero-order valence-corrected chi connectivity index (χ0v) is 15.1. The van der Waals surface area contributed by atoms with Gasteiger partial charge in [0.05, 0.1) is 23.7 Å². The number of methoxy groups -OCH3 is 1. The molecule has 1 amide bonds. The van der Waals surface area contributed by atoms with Gasteiger partial charge in [-0.15, -0.1) is 0 Å². The average molecular weight is 398 g/mol. The second-order valence-corrected chi connectivity index (χ2v) is 5.99. The van der Waals surface area contributed by atoms with Gasteiger partial charge < -0.3 is 20.0 Å². The first-order valence-corrected chi connectivity index (χ1v) is 7.95. The summed E-state index contributed by atoms with van der Waals surface area (Å²) in [5.41, 5.74) is 0.640. The van der Waals surface area contributed by atoms with E-state index in [9.17, 15) is 14.7 Å². The molecule has 9 heteroatoms. The summed E-state index contributed by atoms with van der Waals surface area (Å²) >= 11 is 17.0. The highest BCUT2D eigenvalue weighted by atomic mass is 35.5. The number of carbonyl (C=O) groups excluding carboxylic acids is 2. The molecule has 0 radical (unpaired) electrons. The number of halogens is 2. The van der Waals surface area contributed by atoms with Gasteiger partial charge >= 0.3 is 0 Å². The zero-order chi connectivity index (χ0) is 18.6. The molecular formula is C16H11Cl2N2O4S-.